The van der Waals surface area contributed by atoms with Crippen LogP contribution in [0.1, 0.15) is 46.3 Å². The number of aromatic hydroxyl groups is 3. The summed E-state index contributed by atoms with van der Waals surface area (Å²) >= 11 is 0. The molecule has 0 saturated heterocycles. The van der Waals surface area contributed by atoms with Crippen LogP contribution in [0.15, 0.2) is 73.1 Å². The first-order valence-corrected chi connectivity index (χ1v) is 11.2. The number of phenols is 3. The Balaban J connectivity index is 1.71. The normalized spacial score (nSPS) is 15.8. The molecule has 0 amide bonds. The van der Waals surface area contributed by atoms with Gasteiger partial charge in [0.15, 0.2) is 17.1 Å². The van der Waals surface area contributed by atoms with E-state index in [4.69, 9.17) is 9.47 Å². The van der Waals surface area contributed by atoms with E-state index in [0.29, 0.717) is 12.0 Å². The van der Waals surface area contributed by atoms with Gasteiger partial charge in [-0.2, -0.15) is 12.4 Å². The van der Waals surface area contributed by atoms with E-state index in [0.717, 1.165) is 16.7 Å². The zero-order valence-electron chi connectivity index (χ0n) is 19.0. The fraction of sp³-hybridized carbons (Fsp3) is 0.179. The van der Waals surface area contributed by atoms with E-state index in [9.17, 15) is 20.1 Å². The Hall–Kier alpha value is -4.39. The Morgan fingerprint density at radius 3 is 2.43 bits per heavy atom. The maximum Gasteiger partial charge on any atom is 0.335 e. The lowest BCUT2D eigenvalue weighted by Crippen LogP contribution is -2.23. The molecule has 7 nitrogen and oxygen atoms in total. The van der Waals surface area contributed by atoms with Crippen molar-refractivity contribution < 1.29 is 29.6 Å². The van der Waals surface area contributed by atoms with Crippen LogP contribution >= 0.6 is 0 Å². The Morgan fingerprint density at radius 1 is 1.03 bits per heavy atom. The summed E-state index contributed by atoms with van der Waals surface area (Å²) in [6, 6.07) is 18.2. The zero-order chi connectivity index (χ0) is 24.5. The van der Waals surface area contributed by atoms with Crippen molar-refractivity contribution in [2.75, 3.05) is 7.11 Å². The van der Waals surface area contributed by atoms with Gasteiger partial charge in [0.05, 0.1) is 7.11 Å². The third-order valence-corrected chi connectivity index (χ3v) is 6.40. The van der Waals surface area contributed by atoms with Crippen molar-refractivity contribution in [1.29, 1.82) is 0 Å². The highest BCUT2D eigenvalue weighted by Crippen LogP contribution is 2.55. The first-order chi connectivity index (χ1) is 17.0. The fourth-order valence-corrected chi connectivity index (χ4v) is 4.68. The third-order valence-electron chi connectivity index (χ3n) is 6.40. The minimum absolute atomic E-state index is 0.0829. The smallest absolute Gasteiger partial charge is 0.335 e. The van der Waals surface area contributed by atoms with Gasteiger partial charge in [0.25, 0.3) is 0 Å². The number of ether oxygens (including phenoxy) is 2. The second kappa shape index (κ2) is 9.10. The lowest BCUT2D eigenvalue weighted by molar-refractivity contribution is 0.196. The molecule has 0 bridgehead atoms. The van der Waals surface area contributed by atoms with Gasteiger partial charge in [0.1, 0.15) is 24.0 Å². The molecule has 2 atom stereocenters. The lowest BCUT2D eigenvalue weighted by atomic mass is 9.82. The molecule has 5 rings (SSSR count). The molecule has 0 saturated carbocycles. The van der Waals surface area contributed by atoms with Crippen LogP contribution in [0.5, 0.6) is 28.7 Å². The van der Waals surface area contributed by atoms with Crippen LogP contribution in [-0.4, -0.2) is 33.0 Å². The quantitative estimate of drug-likeness (QED) is 0.355. The SMILES string of the molecule is COc1c(O)c2c(c(C(Cc3ccccc3)c3cc[n-]c3)c1O)OC(c1ccc(O)cc1)CC2=[OH+]. The summed E-state index contributed by atoms with van der Waals surface area (Å²) < 4.78 is 11.7. The van der Waals surface area contributed by atoms with E-state index in [1.165, 1.54) is 7.11 Å². The maximum absolute atomic E-state index is 11.3. The van der Waals surface area contributed by atoms with Crippen molar-refractivity contribution in [3.63, 3.8) is 0 Å². The number of ketones is 1. The molecule has 1 aliphatic heterocycles. The van der Waals surface area contributed by atoms with Crippen molar-refractivity contribution in [3.8, 4) is 28.7 Å². The number of hydrogen-bond acceptors (Lipinski definition) is 5. The highest BCUT2D eigenvalue weighted by molar-refractivity contribution is 6.05. The number of rotatable bonds is 6. The fourth-order valence-electron chi connectivity index (χ4n) is 4.68. The monoisotopic (exact) mass is 471 g/mol. The van der Waals surface area contributed by atoms with Crippen molar-refractivity contribution in [3.05, 3.63) is 101 Å². The number of carbonyl (C=O) groups excluding carboxylic acids is 1. The molecule has 2 unspecified atom stereocenters. The Kier molecular flexibility index (Phi) is 5.82. The van der Waals surface area contributed by atoms with E-state index in [1.807, 2.05) is 36.4 Å². The molecular formula is C28H25NO6. The van der Waals surface area contributed by atoms with Crippen LogP contribution in [-0.2, 0) is 6.42 Å². The van der Waals surface area contributed by atoms with E-state index in [-0.39, 0.29) is 46.5 Å². The van der Waals surface area contributed by atoms with Gasteiger partial charge < -0.3 is 29.8 Å². The first-order valence-electron chi connectivity index (χ1n) is 11.2. The van der Waals surface area contributed by atoms with Gasteiger partial charge in [-0.1, -0.05) is 54.1 Å². The molecule has 0 aliphatic carbocycles. The summed E-state index contributed by atoms with van der Waals surface area (Å²) in [6.07, 6.45) is 3.42. The molecule has 0 fully saturated rings. The van der Waals surface area contributed by atoms with Crippen LogP contribution in [0.25, 0.3) is 0 Å². The molecule has 0 radical (unpaired) electrons. The summed E-state index contributed by atoms with van der Waals surface area (Å²) in [7, 11) is 1.35. The molecule has 4 aromatic rings. The van der Waals surface area contributed by atoms with E-state index in [2.05, 4.69) is 4.98 Å². The highest BCUT2D eigenvalue weighted by Gasteiger charge is 2.41. The molecule has 1 aromatic heterocycles. The lowest BCUT2D eigenvalue weighted by Gasteiger charge is -2.30. The largest absolute Gasteiger partial charge is 0.670 e. The summed E-state index contributed by atoms with van der Waals surface area (Å²) in [5, 5.41) is 31.9. The van der Waals surface area contributed by atoms with Crippen molar-refractivity contribution in [2.45, 2.75) is 24.9 Å². The number of methoxy groups -OCH3 is 1. The van der Waals surface area contributed by atoms with Crippen LogP contribution in [0, 0.1) is 0 Å². The molecule has 178 valence electrons. The molecule has 2 heterocycles. The second-order valence-corrected chi connectivity index (χ2v) is 8.53. The minimum atomic E-state index is -0.593. The topological polar surface area (TPSA) is 115 Å². The average Bonchev–Trinajstić information content (AvgIpc) is 3.39. The third kappa shape index (κ3) is 4.05. The average molecular weight is 472 g/mol. The van der Waals surface area contributed by atoms with Crippen LogP contribution in [0.2, 0.25) is 0 Å². The molecule has 4 N–H and O–H groups in total. The van der Waals surface area contributed by atoms with Crippen molar-refractivity contribution >= 4 is 5.78 Å². The number of phenolic OH excluding ortho intramolecular Hbond substituents is 3. The standard InChI is InChI=1S/C28H24NO6/c1-34-28-25(32)23(20(18-11-12-29-15-18)13-16-5-3-2-4-6-16)27-24(26(28)33)21(31)14-22(35-27)17-7-9-19(30)10-8-17/h2-12,15,20,22,30H,13-14H2,1H3,(H2,31,32,33)/q-1/p+1. The molecule has 0 spiro atoms. The van der Waals surface area contributed by atoms with Crippen LogP contribution in [0.3, 0.4) is 0 Å². The number of nitrogens with zero attached hydrogens (tertiary/aromatic N) is 1. The number of hydrogen-bond donors (Lipinski definition) is 3. The first kappa shape index (κ1) is 22.4. The summed E-state index contributed by atoms with van der Waals surface area (Å²) in [5.41, 5.74) is 3.09. The Bertz CT molecular complexity index is 1350. The van der Waals surface area contributed by atoms with E-state index >= 15 is 0 Å². The minimum Gasteiger partial charge on any atom is -0.670 e. The van der Waals surface area contributed by atoms with E-state index < -0.39 is 12.0 Å². The predicted octanol–water partition coefficient (Wildman–Crippen LogP) is 4.56. The summed E-state index contributed by atoms with van der Waals surface area (Å²) in [5.74, 6) is -0.964. The zero-order valence-corrected chi connectivity index (χ0v) is 19.0. The maximum atomic E-state index is 11.3. The Labute approximate surface area is 202 Å². The molecule has 7 heteroatoms. The summed E-state index contributed by atoms with van der Waals surface area (Å²) in [6.45, 7) is 0. The second-order valence-electron chi connectivity index (χ2n) is 8.53. The van der Waals surface area contributed by atoms with E-state index in [1.54, 1.807) is 36.7 Å². The number of fused-ring (bicyclic) bond motifs is 1. The predicted molar refractivity (Wildman–Crippen MR) is 130 cm³/mol. The van der Waals surface area contributed by atoms with Crippen LogP contribution < -0.4 is 14.5 Å². The van der Waals surface area contributed by atoms with Gasteiger partial charge in [-0.05, 0) is 29.7 Å². The number of aromatic nitrogens is 1. The molecule has 1 aliphatic rings. The van der Waals surface area contributed by atoms with Crippen molar-refractivity contribution in [1.82, 2.24) is 4.98 Å². The van der Waals surface area contributed by atoms with Gasteiger partial charge in [0, 0.05) is 11.5 Å². The highest BCUT2D eigenvalue weighted by atomic mass is 16.5. The van der Waals surface area contributed by atoms with Crippen molar-refractivity contribution in [2.24, 2.45) is 0 Å². The molecule has 35 heavy (non-hydrogen) atoms. The van der Waals surface area contributed by atoms with Crippen LogP contribution in [0.4, 0.5) is 0 Å². The summed E-state index contributed by atoms with van der Waals surface area (Å²) in [4.78, 5) is 15.3. The molecular weight excluding hydrogens is 446 g/mol. The van der Waals surface area contributed by atoms with Gasteiger partial charge in [-0.3, -0.25) is 4.79 Å². The van der Waals surface area contributed by atoms with Gasteiger partial charge in [0.2, 0.25) is 5.75 Å². The van der Waals surface area contributed by atoms with Gasteiger partial charge in [-0.25, -0.2) is 0 Å². The molecule has 3 aromatic carbocycles. The number of benzene rings is 3. The van der Waals surface area contributed by atoms with Gasteiger partial charge >= 0.3 is 5.78 Å². The van der Waals surface area contributed by atoms with Gasteiger partial charge in [-0.15, -0.1) is 0 Å². The Morgan fingerprint density at radius 2 is 1.77 bits per heavy atom.